The highest BCUT2D eigenvalue weighted by Gasteiger charge is 2.34. The minimum atomic E-state index is -0.911. The number of nitrogens with zero attached hydrogens (tertiary/aromatic N) is 5. The molecule has 2 fully saturated rings. The number of thiophene rings is 1. The molecule has 0 unspecified atom stereocenters. The van der Waals surface area contributed by atoms with Crippen LogP contribution in [0, 0.1) is 21.7 Å². The van der Waals surface area contributed by atoms with Crippen LogP contribution in [0.2, 0.25) is 0 Å². The lowest BCUT2D eigenvalue weighted by Gasteiger charge is -2.24. The normalized spacial score (nSPS) is 18.3. The maximum Gasteiger partial charge on any atom is 0.414 e. The highest BCUT2D eigenvalue weighted by atomic mass is 32.1. The maximum absolute atomic E-state index is 15.1. The number of hydrogen-bond donors (Lipinski definition) is 2. The zero-order chi connectivity index (χ0) is 26.7. The smallest absolute Gasteiger partial charge is 0.414 e. The topological polar surface area (TPSA) is 161 Å². The molecule has 13 nitrogen and oxygen atoms in total. The van der Waals surface area contributed by atoms with Crippen molar-refractivity contribution in [3.8, 4) is 0 Å². The minimum absolute atomic E-state index is 0.0219. The number of nitro groups is 1. The van der Waals surface area contributed by atoms with Crippen molar-refractivity contribution in [3.63, 3.8) is 0 Å². The van der Waals surface area contributed by atoms with Crippen LogP contribution in [0.15, 0.2) is 36.7 Å². The number of nitrogens with two attached hydrogens (primary N) is 2. The minimum Gasteiger partial charge on any atom is -0.442 e. The third-order valence-corrected chi connectivity index (χ3v) is 6.61. The van der Waals surface area contributed by atoms with Crippen molar-refractivity contribution in [2.75, 3.05) is 49.1 Å². The molecule has 2 aromatic rings. The zero-order valence-electron chi connectivity index (χ0n) is 19.3. The maximum atomic E-state index is 15.1. The van der Waals surface area contributed by atoms with Gasteiger partial charge in [-0.15, -0.1) is 0 Å². The van der Waals surface area contributed by atoms with Crippen LogP contribution >= 0.6 is 11.3 Å². The van der Waals surface area contributed by atoms with Gasteiger partial charge in [0.15, 0.2) is 11.6 Å². The molecule has 2 aliphatic rings. The first-order valence-corrected chi connectivity index (χ1v) is 11.8. The van der Waals surface area contributed by atoms with E-state index in [1.54, 1.807) is 0 Å². The first kappa shape index (κ1) is 26.1. The van der Waals surface area contributed by atoms with Gasteiger partial charge in [0, 0.05) is 43.7 Å². The van der Waals surface area contributed by atoms with E-state index in [9.17, 15) is 19.7 Å². The third-order valence-electron chi connectivity index (χ3n) is 5.59. The van der Waals surface area contributed by atoms with Crippen LogP contribution in [0.4, 0.5) is 30.0 Å². The fraction of sp³-hybridized carbons (Fsp3) is 0.333. The standard InChI is InChI=1S/C21H23F2N7O6S/c22-15-9-13(28-12-14(36-21(28)32)11-27(25)4-3-24)10-16(23)19(15)26-5-6-29(35-8-7-26)20(31)17-1-2-18(37-17)30(33)34/h1-4,9-10,14H,5-8,11-12,24-25H2/b4-3-/t14-/m0/s1. The second-order valence-corrected chi connectivity index (χ2v) is 9.10. The third kappa shape index (κ3) is 5.71. The average molecular weight is 540 g/mol. The highest BCUT2D eigenvalue weighted by Crippen LogP contribution is 2.32. The first-order valence-electron chi connectivity index (χ1n) is 11.0. The molecule has 0 radical (unpaired) electrons. The molecular formula is C21H23F2N7O6S. The Morgan fingerprint density at radius 3 is 2.65 bits per heavy atom. The number of carbonyl (C=O) groups is 2. The van der Waals surface area contributed by atoms with Gasteiger partial charge in [-0.05, 0) is 6.07 Å². The number of benzene rings is 1. The fourth-order valence-electron chi connectivity index (χ4n) is 3.94. The van der Waals surface area contributed by atoms with E-state index in [2.05, 4.69) is 0 Å². The van der Waals surface area contributed by atoms with E-state index in [4.69, 9.17) is 21.2 Å². The van der Waals surface area contributed by atoms with Crippen molar-refractivity contribution in [2.24, 2.45) is 11.6 Å². The molecule has 0 aliphatic carbocycles. The van der Waals surface area contributed by atoms with Gasteiger partial charge in [0.25, 0.3) is 5.91 Å². The predicted octanol–water partition coefficient (Wildman–Crippen LogP) is 1.76. The summed E-state index contributed by atoms with van der Waals surface area (Å²) in [5.41, 5.74) is 4.91. The van der Waals surface area contributed by atoms with Crippen molar-refractivity contribution in [2.45, 2.75) is 6.10 Å². The van der Waals surface area contributed by atoms with Gasteiger partial charge < -0.3 is 20.4 Å². The number of anilines is 2. The van der Waals surface area contributed by atoms with Gasteiger partial charge in [-0.2, -0.15) is 0 Å². The lowest BCUT2D eigenvalue weighted by atomic mass is 10.2. The van der Waals surface area contributed by atoms with Crippen LogP contribution in [-0.2, 0) is 9.57 Å². The lowest BCUT2D eigenvalue weighted by molar-refractivity contribution is -0.380. The monoisotopic (exact) mass is 539 g/mol. The van der Waals surface area contributed by atoms with Crippen molar-refractivity contribution in [1.29, 1.82) is 0 Å². The Balaban J connectivity index is 1.44. The average Bonchev–Trinajstić information content (AvgIpc) is 3.39. The molecule has 1 aromatic heterocycles. The Kier molecular flexibility index (Phi) is 7.70. The van der Waals surface area contributed by atoms with Crippen molar-refractivity contribution in [1.82, 2.24) is 10.1 Å². The number of carbonyl (C=O) groups excluding carboxylic acids is 2. The predicted molar refractivity (Wildman–Crippen MR) is 128 cm³/mol. The van der Waals surface area contributed by atoms with Crippen LogP contribution in [0.5, 0.6) is 0 Å². The van der Waals surface area contributed by atoms with Crippen molar-refractivity contribution < 1.29 is 32.9 Å². The van der Waals surface area contributed by atoms with E-state index >= 15 is 8.78 Å². The largest absolute Gasteiger partial charge is 0.442 e. The quantitative estimate of drug-likeness (QED) is 0.301. The van der Waals surface area contributed by atoms with E-state index in [0.717, 1.165) is 22.1 Å². The molecule has 2 amide bonds. The molecule has 3 heterocycles. The van der Waals surface area contributed by atoms with Crippen LogP contribution in [0.3, 0.4) is 0 Å². The van der Waals surface area contributed by atoms with E-state index < -0.39 is 34.7 Å². The van der Waals surface area contributed by atoms with Gasteiger partial charge in [-0.3, -0.25) is 24.6 Å². The summed E-state index contributed by atoms with van der Waals surface area (Å²) in [6.45, 7) is 0.141. The van der Waals surface area contributed by atoms with Crippen molar-refractivity contribution in [3.05, 3.63) is 63.3 Å². The molecule has 2 saturated heterocycles. The van der Waals surface area contributed by atoms with Crippen LogP contribution < -0.4 is 21.4 Å². The van der Waals surface area contributed by atoms with Gasteiger partial charge in [0.1, 0.15) is 16.7 Å². The summed E-state index contributed by atoms with van der Waals surface area (Å²) in [7, 11) is 0. The SMILES string of the molecule is N/C=C\N(N)C[C@H]1CN(c2cc(F)c(N3CCON(C(=O)c4ccc([N+](=O)[O-])s4)CC3)c(F)c2)C(=O)O1. The number of amides is 2. The van der Waals surface area contributed by atoms with Crippen molar-refractivity contribution >= 4 is 39.7 Å². The molecule has 0 spiro atoms. The number of hydroxylamine groups is 2. The Bertz CT molecular complexity index is 1200. The summed E-state index contributed by atoms with van der Waals surface area (Å²) in [5.74, 6) is 3.29. The van der Waals surface area contributed by atoms with Gasteiger partial charge in [0.05, 0.1) is 36.9 Å². The molecular weight excluding hydrogens is 516 g/mol. The molecule has 1 aromatic carbocycles. The fourth-order valence-corrected chi connectivity index (χ4v) is 4.70. The number of hydrazine groups is 1. The molecule has 37 heavy (non-hydrogen) atoms. The number of rotatable bonds is 7. The second-order valence-electron chi connectivity index (χ2n) is 8.04. The van der Waals surface area contributed by atoms with E-state index in [0.29, 0.717) is 11.3 Å². The molecule has 2 aliphatic heterocycles. The van der Waals surface area contributed by atoms with Crippen LogP contribution in [0.25, 0.3) is 0 Å². The van der Waals surface area contributed by atoms with Crippen LogP contribution in [-0.4, -0.2) is 72.4 Å². The first-order chi connectivity index (χ1) is 17.7. The summed E-state index contributed by atoms with van der Waals surface area (Å²) < 4.78 is 35.5. The number of cyclic esters (lactones) is 1. The summed E-state index contributed by atoms with van der Waals surface area (Å²) in [4.78, 5) is 43.3. The molecule has 1 atom stereocenters. The van der Waals surface area contributed by atoms with Gasteiger partial charge >= 0.3 is 11.1 Å². The van der Waals surface area contributed by atoms with E-state index in [1.807, 2.05) is 0 Å². The molecule has 16 heteroatoms. The number of ether oxygens (including phenoxy) is 1. The zero-order valence-corrected chi connectivity index (χ0v) is 20.1. The van der Waals surface area contributed by atoms with Gasteiger partial charge in [-0.25, -0.2) is 24.5 Å². The van der Waals surface area contributed by atoms with Gasteiger partial charge in [0.2, 0.25) is 0 Å². The van der Waals surface area contributed by atoms with E-state index in [-0.39, 0.29) is 60.6 Å². The molecule has 198 valence electrons. The molecule has 4 rings (SSSR count). The molecule has 0 bridgehead atoms. The number of halogens is 2. The van der Waals surface area contributed by atoms with Gasteiger partial charge in [-0.1, -0.05) is 11.3 Å². The number of hydrogen-bond acceptors (Lipinski definition) is 11. The summed E-state index contributed by atoms with van der Waals surface area (Å²) >= 11 is 0.706. The lowest BCUT2D eigenvalue weighted by Crippen LogP contribution is -2.36. The summed E-state index contributed by atoms with van der Waals surface area (Å²) in [5, 5.41) is 12.9. The Morgan fingerprint density at radius 1 is 1.27 bits per heavy atom. The highest BCUT2D eigenvalue weighted by molar-refractivity contribution is 7.17. The molecule has 0 saturated carbocycles. The summed E-state index contributed by atoms with van der Waals surface area (Å²) in [6.07, 6.45) is 1.19. The Hall–Kier alpha value is -4.02. The molecule has 4 N–H and O–H groups in total. The Labute approximate surface area is 213 Å². The Morgan fingerprint density at radius 2 is 2.00 bits per heavy atom. The van der Waals surface area contributed by atoms with E-state index in [1.165, 1.54) is 34.4 Å². The second kappa shape index (κ2) is 10.9. The summed E-state index contributed by atoms with van der Waals surface area (Å²) in [6, 6.07) is 4.60. The van der Waals surface area contributed by atoms with Crippen LogP contribution in [0.1, 0.15) is 9.67 Å².